The number of ether oxygens (including phenoxy) is 1. The summed E-state index contributed by atoms with van der Waals surface area (Å²) >= 11 is 6.38. The van der Waals surface area contributed by atoms with Crippen LogP contribution in [0.25, 0.3) is 0 Å². The molecule has 0 radical (unpaired) electrons. The highest BCUT2D eigenvalue weighted by atomic mass is 35.5. The van der Waals surface area contributed by atoms with Crippen molar-refractivity contribution in [2.24, 2.45) is 0 Å². The Morgan fingerprint density at radius 3 is 2.65 bits per heavy atom. The lowest BCUT2D eigenvalue weighted by Gasteiger charge is -2.23. The van der Waals surface area contributed by atoms with Crippen molar-refractivity contribution in [2.45, 2.75) is 43.9 Å². The lowest BCUT2D eigenvalue weighted by Crippen LogP contribution is -2.17. The summed E-state index contributed by atoms with van der Waals surface area (Å²) < 4.78 is 4.98. The van der Waals surface area contributed by atoms with Crippen LogP contribution in [0.5, 0.6) is 0 Å². The van der Waals surface area contributed by atoms with Crippen LogP contribution in [0.3, 0.4) is 0 Å². The smallest absolute Gasteiger partial charge is 0.313 e. The van der Waals surface area contributed by atoms with Crippen molar-refractivity contribution >= 4 is 17.6 Å². The van der Waals surface area contributed by atoms with Gasteiger partial charge in [0.1, 0.15) is 5.92 Å². The van der Waals surface area contributed by atoms with Gasteiger partial charge < -0.3 is 9.84 Å². The maximum Gasteiger partial charge on any atom is 0.313 e. The number of rotatable bonds is 5. The Balaban J connectivity index is 2.21. The summed E-state index contributed by atoms with van der Waals surface area (Å²) in [4.78, 5) is 11.3. The van der Waals surface area contributed by atoms with Crippen molar-refractivity contribution in [1.29, 1.82) is 0 Å². The molecule has 3 nitrogen and oxygen atoms in total. The highest BCUT2D eigenvalue weighted by Gasteiger charge is 2.23. The number of halogens is 1. The van der Waals surface area contributed by atoms with E-state index >= 15 is 0 Å². The van der Waals surface area contributed by atoms with E-state index in [2.05, 4.69) is 0 Å². The number of benzene rings is 1. The standard InChI is InChI=1S/C16H21ClO3/c1-20-10-14(16(18)19)12-7-8-13(15(17)9-12)11-5-3-2-4-6-11/h7-9,11,14H,2-6,10H2,1H3,(H,18,19). The Hall–Kier alpha value is -1.06. The van der Waals surface area contributed by atoms with Crippen molar-refractivity contribution in [3.05, 3.63) is 34.3 Å². The molecule has 1 aliphatic rings. The van der Waals surface area contributed by atoms with Crippen LogP contribution in [-0.2, 0) is 9.53 Å². The summed E-state index contributed by atoms with van der Waals surface area (Å²) in [5.74, 6) is -1.01. The van der Waals surface area contributed by atoms with Crippen LogP contribution in [0.15, 0.2) is 18.2 Å². The fourth-order valence-electron chi connectivity index (χ4n) is 2.98. The second kappa shape index (κ2) is 7.09. The molecule has 0 bridgehead atoms. The van der Waals surface area contributed by atoms with Gasteiger partial charge in [0.2, 0.25) is 0 Å². The molecule has 1 unspecified atom stereocenters. The van der Waals surface area contributed by atoms with Crippen molar-refractivity contribution < 1.29 is 14.6 Å². The number of hydrogen-bond acceptors (Lipinski definition) is 2. The lowest BCUT2D eigenvalue weighted by atomic mass is 9.83. The van der Waals surface area contributed by atoms with E-state index in [1.54, 1.807) is 6.07 Å². The molecule has 0 aromatic heterocycles. The highest BCUT2D eigenvalue weighted by molar-refractivity contribution is 6.31. The number of methoxy groups -OCH3 is 1. The van der Waals surface area contributed by atoms with E-state index in [-0.39, 0.29) is 6.61 Å². The summed E-state index contributed by atoms with van der Waals surface area (Å²) in [6, 6.07) is 5.68. The topological polar surface area (TPSA) is 46.5 Å². The van der Waals surface area contributed by atoms with Crippen LogP contribution >= 0.6 is 11.6 Å². The van der Waals surface area contributed by atoms with E-state index in [4.69, 9.17) is 16.3 Å². The molecule has 1 aliphatic carbocycles. The average Bonchev–Trinajstić information content (AvgIpc) is 2.45. The summed E-state index contributed by atoms with van der Waals surface area (Å²) in [7, 11) is 1.51. The maximum absolute atomic E-state index is 11.3. The van der Waals surface area contributed by atoms with Gasteiger partial charge in [-0.2, -0.15) is 0 Å². The molecule has 0 saturated heterocycles. The number of carboxylic acids is 1. The molecular weight excluding hydrogens is 276 g/mol. The number of aliphatic carboxylic acids is 1. The fraction of sp³-hybridized carbons (Fsp3) is 0.562. The minimum Gasteiger partial charge on any atom is -0.481 e. The predicted molar refractivity (Wildman–Crippen MR) is 79.5 cm³/mol. The predicted octanol–water partition coefficient (Wildman–Crippen LogP) is 4.20. The minimum atomic E-state index is -0.881. The van der Waals surface area contributed by atoms with Crippen molar-refractivity contribution in [3.8, 4) is 0 Å². The van der Waals surface area contributed by atoms with Gasteiger partial charge in [-0.15, -0.1) is 0 Å². The second-order valence-electron chi connectivity index (χ2n) is 5.46. The first kappa shape index (κ1) is 15.3. The molecule has 1 N–H and O–H groups in total. The Morgan fingerprint density at radius 1 is 1.40 bits per heavy atom. The zero-order chi connectivity index (χ0) is 14.5. The molecular formula is C16H21ClO3. The van der Waals surface area contributed by atoms with Crippen molar-refractivity contribution in [2.75, 3.05) is 13.7 Å². The Bertz CT molecular complexity index is 467. The summed E-state index contributed by atoms with van der Waals surface area (Å²) in [6.45, 7) is 0.161. The zero-order valence-corrected chi connectivity index (χ0v) is 12.5. The normalized spacial score (nSPS) is 17.9. The molecule has 1 aromatic carbocycles. The van der Waals surface area contributed by atoms with Crippen LogP contribution in [-0.4, -0.2) is 24.8 Å². The van der Waals surface area contributed by atoms with Crippen LogP contribution < -0.4 is 0 Å². The first-order chi connectivity index (χ1) is 9.63. The molecule has 2 rings (SSSR count). The van der Waals surface area contributed by atoms with Crippen LogP contribution in [0.2, 0.25) is 5.02 Å². The first-order valence-electron chi connectivity index (χ1n) is 7.14. The van der Waals surface area contributed by atoms with Gasteiger partial charge in [-0.25, -0.2) is 0 Å². The van der Waals surface area contributed by atoms with E-state index in [1.165, 1.54) is 39.2 Å². The fourth-order valence-corrected chi connectivity index (χ4v) is 3.32. The van der Waals surface area contributed by atoms with Crippen molar-refractivity contribution in [1.82, 2.24) is 0 Å². The molecule has 1 aromatic rings. The van der Waals surface area contributed by atoms with Gasteiger partial charge in [0, 0.05) is 12.1 Å². The number of hydrogen-bond donors (Lipinski definition) is 1. The molecule has 0 heterocycles. The van der Waals surface area contributed by atoms with E-state index in [1.807, 2.05) is 12.1 Å². The first-order valence-corrected chi connectivity index (χ1v) is 7.52. The molecule has 20 heavy (non-hydrogen) atoms. The van der Waals surface area contributed by atoms with Gasteiger partial charge in [0.05, 0.1) is 6.61 Å². The third kappa shape index (κ3) is 3.53. The molecule has 4 heteroatoms. The van der Waals surface area contributed by atoms with E-state index in [9.17, 15) is 9.90 Å². The summed E-state index contributed by atoms with van der Waals surface area (Å²) in [5.41, 5.74) is 1.88. The monoisotopic (exact) mass is 296 g/mol. The molecule has 0 amide bonds. The maximum atomic E-state index is 11.3. The van der Waals surface area contributed by atoms with Gasteiger partial charge in [-0.1, -0.05) is 43.0 Å². The number of carbonyl (C=O) groups is 1. The Labute approximate surface area is 124 Å². The second-order valence-corrected chi connectivity index (χ2v) is 5.87. The summed E-state index contributed by atoms with van der Waals surface area (Å²) in [5, 5.41) is 9.94. The number of carboxylic acid groups (broad SMARTS) is 1. The zero-order valence-electron chi connectivity index (χ0n) is 11.8. The van der Waals surface area contributed by atoms with E-state index < -0.39 is 11.9 Å². The average molecular weight is 297 g/mol. The molecule has 1 atom stereocenters. The quantitative estimate of drug-likeness (QED) is 0.885. The van der Waals surface area contributed by atoms with E-state index in [0.29, 0.717) is 16.5 Å². The van der Waals surface area contributed by atoms with Gasteiger partial charge in [-0.3, -0.25) is 4.79 Å². The third-order valence-corrected chi connectivity index (χ3v) is 4.43. The van der Waals surface area contributed by atoms with E-state index in [0.717, 1.165) is 5.56 Å². The van der Waals surface area contributed by atoms with Crippen LogP contribution in [0, 0.1) is 0 Å². The van der Waals surface area contributed by atoms with Gasteiger partial charge >= 0.3 is 5.97 Å². The van der Waals surface area contributed by atoms with Crippen LogP contribution in [0.1, 0.15) is 55.1 Å². The lowest BCUT2D eigenvalue weighted by molar-refractivity contribution is -0.140. The molecule has 1 fully saturated rings. The van der Waals surface area contributed by atoms with Gasteiger partial charge in [0.15, 0.2) is 0 Å². The van der Waals surface area contributed by atoms with Crippen molar-refractivity contribution in [3.63, 3.8) is 0 Å². The minimum absolute atomic E-state index is 0.161. The summed E-state index contributed by atoms with van der Waals surface area (Å²) in [6.07, 6.45) is 6.18. The van der Waals surface area contributed by atoms with Gasteiger partial charge in [0.25, 0.3) is 0 Å². The third-order valence-electron chi connectivity index (χ3n) is 4.10. The molecule has 110 valence electrons. The molecule has 0 aliphatic heterocycles. The van der Waals surface area contributed by atoms with Gasteiger partial charge in [-0.05, 0) is 36.0 Å². The highest BCUT2D eigenvalue weighted by Crippen LogP contribution is 2.37. The van der Waals surface area contributed by atoms with Crippen LogP contribution in [0.4, 0.5) is 0 Å². The largest absolute Gasteiger partial charge is 0.481 e. The molecule has 0 spiro atoms. The SMILES string of the molecule is COCC(C(=O)O)c1ccc(C2CCCCC2)c(Cl)c1. The Morgan fingerprint density at radius 2 is 2.10 bits per heavy atom. The Kier molecular flexibility index (Phi) is 5.44. The molecule has 1 saturated carbocycles.